The summed E-state index contributed by atoms with van der Waals surface area (Å²) in [6, 6.07) is 5.02. The molecule has 0 bridgehead atoms. The van der Waals surface area contributed by atoms with Gasteiger partial charge in [-0.3, -0.25) is 10.1 Å². The third-order valence-corrected chi connectivity index (χ3v) is 4.94. The zero-order valence-electron chi connectivity index (χ0n) is 10.0. The van der Waals surface area contributed by atoms with E-state index in [2.05, 4.69) is 0 Å². The van der Waals surface area contributed by atoms with Gasteiger partial charge in [-0.25, -0.2) is 8.42 Å². The van der Waals surface area contributed by atoms with Gasteiger partial charge in [0.2, 0.25) is 0 Å². The Morgan fingerprint density at radius 3 is 2.63 bits per heavy atom. The van der Waals surface area contributed by atoms with Crippen molar-refractivity contribution in [1.82, 2.24) is 0 Å². The standard InChI is InChI=1S/C11H11ClN2O4S/c1-8(5-12)7-19(17,18)11-3-2-9(6-13)4-10(11)14(15)16/h2-4,8H,5,7H2,1H3. The summed E-state index contributed by atoms with van der Waals surface area (Å²) in [5, 5.41) is 19.6. The second kappa shape index (κ2) is 5.99. The molecule has 0 saturated carbocycles. The first-order chi connectivity index (χ1) is 8.81. The molecule has 1 aromatic carbocycles. The minimum atomic E-state index is -3.81. The van der Waals surface area contributed by atoms with E-state index in [1.165, 1.54) is 6.07 Å². The number of nitrogens with zero attached hydrogens (tertiary/aromatic N) is 2. The Morgan fingerprint density at radius 2 is 2.16 bits per heavy atom. The molecule has 6 nitrogen and oxygen atoms in total. The molecule has 0 radical (unpaired) electrons. The van der Waals surface area contributed by atoms with Crippen LogP contribution in [0.4, 0.5) is 5.69 Å². The smallest absolute Gasteiger partial charge is 0.258 e. The first-order valence-corrected chi connectivity index (χ1v) is 7.47. The highest BCUT2D eigenvalue weighted by atomic mass is 35.5. The summed E-state index contributed by atoms with van der Waals surface area (Å²) in [5.74, 6) is -0.450. The Morgan fingerprint density at radius 1 is 1.53 bits per heavy atom. The molecule has 1 unspecified atom stereocenters. The second-order valence-corrected chi connectivity index (χ2v) is 6.40. The fourth-order valence-corrected chi connectivity index (χ4v) is 3.51. The average molecular weight is 303 g/mol. The fraction of sp³-hybridized carbons (Fsp3) is 0.364. The number of nitriles is 1. The number of rotatable bonds is 5. The molecule has 8 heteroatoms. The first-order valence-electron chi connectivity index (χ1n) is 5.29. The summed E-state index contributed by atoms with van der Waals surface area (Å²) in [4.78, 5) is 9.71. The lowest BCUT2D eigenvalue weighted by Gasteiger charge is -2.09. The summed E-state index contributed by atoms with van der Waals surface area (Å²) in [6.07, 6.45) is 0. The van der Waals surface area contributed by atoms with Crippen LogP contribution in [-0.4, -0.2) is 25.0 Å². The molecule has 0 aromatic heterocycles. The number of hydrogen-bond donors (Lipinski definition) is 0. The third-order valence-electron chi connectivity index (χ3n) is 2.39. The number of nitro groups is 1. The van der Waals surface area contributed by atoms with Crippen LogP contribution in [0.15, 0.2) is 23.1 Å². The quantitative estimate of drug-likeness (QED) is 0.471. The zero-order chi connectivity index (χ0) is 14.6. The minimum absolute atomic E-state index is 0.0380. The summed E-state index contributed by atoms with van der Waals surface area (Å²) in [5.41, 5.74) is -0.545. The molecule has 0 spiro atoms. The van der Waals surface area contributed by atoms with E-state index >= 15 is 0 Å². The molecule has 0 aliphatic heterocycles. The van der Waals surface area contributed by atoms with Gasteiger partial charge in [0.05, 0.1) is 22.3 Å². The van der Waals surface area contributed by atoms with E-state index in [0.717, 1.165) is 12.1 Å². The van der Waals surface area contributed by atoms with E-state index in [4.69, 9.17) is 16.9 Å². The van der Waals surface area contributed by atoms with Gasteiger partial charge in [0.25, 0.3) is 5.69 Å². The van der Waals surface area contributed by atoms with Crippen LogP contribution in [-0.2, 0) is 9.84 Å². The maximum Gasteiger partial charge on any atom is 0.289 e. The second-order valence-electron chi connectivity index (χ2n) is 4.09. The lowest BCUT2D eigenvalue weighted by Crippen LogP contribution is -2.16. The van der Waals surface area contributed by atoms with Crippen molar-refractivity contribution < 1.29 is 13.3 Å². The Balaban J connectivity index is 3.35. The van der Waals surface area contributed by atoms with Gasteiger partial charge in [-0.1, -0.05) is 6.92 Å². The zero-order valence-corrected chi connectivity index (χ0v) is 11.6. The van der Waals surface area contributed by atoms with Crippen LogP contribution < -0.4 is 0 Å². The topological polar surface area (TPSA) is 101 Å². The summed E-state index contributed by atoms with van der Waals surface area (Å²) >= 11 is 5.55. The van der Waals surface area contributed by atoms with Crippen molar-refractivity contribution in [3.8, 4) is 6.07 Å². The van der Waals surface area contributed by atoms with Crippen LogP contribution in [0.25, 0.3) is 0 Å². The van der Waals surface area contributed by atoms with Gasteiger partial charge in [-0.2, -0.15) is 5.26 Å². The van der Waals surface area contributed by atoms with Crippen molar-refractivity contribution in [2.24, 2.45) is 5.92 Å². The predicted molar refractivity (Wildman–Crippen MR) is 69.7 cm³/mol. The molecule has 0 fully saturated rings. The highest BCUT2D eigenvalue weighted by molar-refractivity contribution is 7.91. The van der Waals surface area contributed by atoms with E-state index in [0.29, 0.717) is 0 Å². The maximum atomic E-state index is 12.1. The van der Waals surface area contributed by atoms with Crippen molar-refractivity contribution >= 4 is 27.1 Å². The summed E-state index contributed by atoms with van der Waals surface area (Å²) in [6.45, 7) is 1.64. The molecule has 102 valence electrons. The van der Waals surface area contributed by atoms with Gasteiger partial charge in [-0.15, -0.1) is 11.6 Å². The van der Waals surface area contributed by atoms with Crippen molar-refractivity contribution in [1.29, 1.82) is 5.26 Å². The van der Waals surface area contributed by atoms with E-state index in [1.54, 1.807) is 13.0 Å². The molecule has 0 heterocycles. The van der Waals surface area contributed by atoms with E-state index in [1.807, 2.05) is 0 Å². The number of nitro benzene ring substituents is 1. The van der Waals surface area contributed by atoms with Crippen molar-refractivity contribution in [3.63, 3.8) is 0 Å². The van der Waals surface area contributed by atoms with E-state index in [-0.39, 0.29) is 28.0 Å². The van der Waals surface area contributed by atoms with Crippen LogP contribution in [0, 0.1) is 27.4 Å². The molecule has 1 atom stereocenters. The number of benzene rings is 1. The number of sulfone groups is 1. The molecule has 0 amide bonds. The molecule has 1 rings (SSSR count). The third kappa shape index (κ3) is 3.66. The van der Waals surface area contributed by atoms with E-state index < -0.39 is 20.4 Å². The van der Waals surface area contributed by atoms with Gasteiger partial charge in [0, 0.05) is 11.9 Å². The van der Waals surface area contributed by atoms with Gasteiger partial charge in [0.1, 0.15) is 4.90 Å². The maximum absolute atomic E-state index is 12.1. The van der Waals surface area contributed by atoms with Crippen molar-refractivity contribution in [2.45, 2.75) is 11.8 Å². The van der Waals surface area contributed by atoms with Crippen LogP contribution in [0.1, 0.15) is 12.5 Å². The normalized spacial score (nSPS) is 12.7. The molecule has 1 aromatic rings. The first kappa shape index (κ1) is 15.4. The lowest BCUT2D eigenvalue weighted by atomic mass is 10.2. The number of halogens is 1. The SMILES string of the molecule is CC(CCl)CS(=O)(=O)c1ccc(C#N)cc1[N+](=O)[O-]. The highest BCUT2D eigenvalue weighted by Gasteiger charge is 2.27. The van der Waals surface area contributed by atoms with Crippen LogP contribution in [0.2, 0.25) is 0 Å². The average Bonchev–Trinajstić information content (AvgIpc) is 2.37. The van der Waals surface area contributed by atoms with Gasteiger partial charge < -0.3 is 0 Å². The predicted octanol–water partition coefficient (Wildman–Crippen LogP) is 2.12. The molecular weight excluding hydrogens is 292 g/mol. The van der Waals surface area contributed by atoms with Crippen LogP contribution in [0.3, 0.4) is 0 Å². The molecule has 19 heavy (non-hydrogen) atoms. The largest absolute Gasteiger partial charge is 0.289 e. The van der Waals surface area contributed by atoms with Gasteiger partial charge in [0.15, 0.2) is 9.84 Å². The Hall–Kier alpha value is -1.65. The minimum Gasteiger partial charge on any atom is -0.258 e. The monoisotopic (exact) mass is 302 g/mol. The fourth-order valence-electron chi connectivity index (χ4n) is 1.50. The lowest BCUT2D eigenvalue weighted by molar-refractivity contribution is -0.387. The Labute approximate surface area is 115 Å². The summed E-state index contributed by atoms with van der Waals surface area (Å²) < 4.78 is 24.2. The summed E-state index contributed by atoms with van der Waals surface area (Å²) in [7, 11) is -3.81. The highest BCUT2D eigenvalue weighted by Crippen LogP contribution is 2.27. The Kier molecular flexibility index (Phi) is 4.86. The number of alkyl halides is 1. The van der Waals surface area contributed by atoms with Crippen LogP contribution in [0.5, 0.6) is 0 Å². The van der Waals surface area contributed by atoms with E-state index in [9.17, 15) is 18.5 Å². The molecule has 0 N–H and O–H groups in total. The molecule has 0 aliphatic rings. The molecular formula is C11H11ClN2O4S. The van der Waals surface area contributed by atoms with Crippen molar-refractivity contribution in [3.05, 3.63) is 33.9 Å². The molecule has 0 saturated heterocycles. The van der Waals surface area contributed by atoms with Gasteiger partial charge >= 0.3 is 0 Å². The van der Waals surface area contributed by atoms with Gasteiger partial charge in [-0.05, 0) is 18.1 Å². The van der Waals surface area contributed by atoms with Crippen molar-refractivity contribution in [2.75, 3.05) is 11.6 Å². The van der Waals surface area contributed by atoms with Crippen LogP contribution >= 0.6 is 11.6 Å². The molecule has 0 aliphatic carbocycles. The number of hydrogen-bond acceptors (Lipinski definition) is 5. The Bertz CT molecular complexity index is 637.